The number of carbonyl (C=O) groups is 1. The van der Waals surface area contributed by atoms with E-state index in [9.17, 15) is 9.90 Å². The second kappa shape index (κ2) is 12.2. The van der Waals surface area contributed by atoms with Crippen molar-refractivity contribution in [2.75, 3.05) is 10.6 Å². The maximum atomic E-state index is 10.8. The van der Waals surface area contributed by atoms with Gasteiger partial charge in [0.05, 0.1) is 6.10 Å². The van der Waals surface area contributed by atoms with Crippen LogP contribution in [0.2, 0.25) is 0 Å². The van der Waals surface area contributed by atoms with Crippen LogP contribution >= 0.6 is 0 Å². The van der Waals surface area contributed by atoms with Gasteiger partial charge in [-0.2, -0.15) is 0 Å². The third-order valence-electron chi connectivity index (χ3n) is 6.62. The SMILES string of the molecule is Cc1ccc(C(O)CCCCc2ccc(Nc3ccc(C)c(-c4ccccc4)c3)cc2)cc1NC=O. The summed E-state index contributed by atoms with van der Waals surface area (Å²) in [6, 6.07) is 31.2. The number of nitrogens with one attached hydrogen (secondary N) is 2. The lowest BCUT2D eigenvalue weighted by Gasteiger charge is -2.14. The molecule has 0 aliphatic rings. The third kappa shape index (κ3) is 6.61. The summed E-state index contributed by atoms with van der Waals surface area (Å²) in [5.74, 6) is 0. The molecular formula is C32H34N2O2. The van der Waals surface area contributed by atoms with Crippen LogP contribution in [0.4, 0.5) is 17.1 Å². The van der Waals surface area contributed by atoms with Crippen LogP contribution in [0.5, 0.6) is 0 Å². The Hall–Kier alpha value is -3.89. The van der Waals surface area contributed by atoms with Crippen molar-refractivity contribution >= 4 is 23.5 Å². The zero-order chi connectivity index (χ0) is 25.3. The van der Waals surface area contributed by atoms with Gasteiger partial charge in [-0.15, -0.1) is 0 Å². The molecule has 4 heteroatoms. The van der Waals surface area contributed by atoms with Crippen molar-refractivity contribution in [2.45, 2.75) is 45.6 Å². The van der Waals surface area contributed by atoms with Crippen molar-refractivity contribution < 1.29 is 9.90 Å². The van der Waals surface area contributed by atoms with E-state index in [2.05, 4.69) is 84.3 Å². The van der Waals surface area contributed by atoms with Gasteiger partial charge in [0.15, 0.2) is 0 Å². The van der Waals surface area contributed by atoms with Crippen LogP contribution < -0.4 is 10.6 Å². The molecule has 0 aliphatic heterocycles. The third-order valence-corrected chi connectivity index (χ3v) is 6.62. The first-order valence-electron chi connectivity index (χ1n) is 12.5. The number of carbonyl (C=O) groups excluding carboxylic acids is 1. The van der Waals surface area contributed by atoms with Crippen molar-refractivity contribution in [1.29, 1.82) is 0 Å². The molecule has 0 saturated carbocycles. The predicted octanol–water partition coefficient (Wildman–Crippen LogP) is 7.73. The highest BCUT2D eigenvalue weighted by Crippen LogP contribution is 2.29. The maximum Gasteiger partial charge on any atom is 0.211 e. The van der Waals surface area contributed by atoms with E-state index in [0.29, 0.717) is 12.8 Å². The summed E-state index contributed by atoms with van der Waals surface area (Å²) in [5.41, 5.74) is 9.71. The van der Waals surface area contributed by atoms with E-state index in [1.807, 2.05) is 31.2 Å². The largest absolute Gasteiger partial charge is 0.388 e. The molecule has 4 rings (SSSR count). The molecule has 36 heavy (non-hydrogen) atoms. The Labute approximate surface area is 214 Å². The topological polar surface area (TPSA) is 61.4 Å². The van der Waals surface area contributed by atoms with Crippen molar-refractivity contribution in [3.05, 3.63) is 113 Å². The van der Waals surface area contributed by atoms with E-state index in [-0.39, 0.29) is 0 Å². The number of aliphatic hydroxyl groups is 1. The van der Waals surface area contributed by atoms with Crippen LogP contribution in [0.1, 0.15) is 47.6 Å². The Kier molecular flexibility index (Phi) is 8.53. The molecule has 0 spiro atoms. The normalized spacial score (nSPS) is 11.6. The molecule has 3 N–H and O–H groups in total. The quantitative estimate of drug-likeness (QED) is 0.153. The molecule has 184 valence electrons. The van der Waals surface area contributed by atoms with Gasteiger partial charge in [-0.3, -0.25) is 4.79 Å². The average Bonchev–Trinajstić information content (AvgIpc) is 2.90. The van der Waals surface area contributed by atoms with Crippen molar-refractivity contribution in [1.82, 2.24) is 0 Å². The van der Waals surface area contributed by atoms with E-state index in [1.54, 1.807) is 0 Å². The minimum Gasteiger partial charge on any atom is -0.388 e. The van der Waals surface area contributed by atoms with Gasteiger partial charge in [0.25, 0.3) is 0 Å². The van der Waals surface area contributed by atoms with Crippen molar-refractivity contribution in [2.24, 2.45) is 0 Å². The zero-order valence-corrected chi connectivity index (χ0v) is 21.0. The number of hydrogen-bond acceptors (Lipinski definition) is 3. The summed E-state index contributed by atoms with van der Waals surface area (Å²) < 4.78 is 0. The predicted molar refractivity (Wildman–Crippen MR) is 150 cm³/mol. The van der Waals surface area contributed by atoms with E-state index in [1.165, 1.54) is 22.3 Å². The molecule has 1 amide bonds. The van der Waals surface area contributed by atoms with Gasteiger partial charge < -0.3 is 15.7 Å². The molecule has 0 aliphatic carbocycles. The fourth-order valence-corrected chi connectivity index (χ4v) is 4.45. The molecule has 1 atom stereocenters. The van der Waals surface area contributed by atoms with Gasteiger partial charge in [0.1, 0.15) is 0 Å². The Morgan fingerprint density at radius 1 is 0.806 bits per heavy atom. The Morgan fingerprint density at radius 2 is 1.53 bits per heavy atom. The molecule has 1 unspecified atom stereocenters. The van der Waals surface area contributed by atoms with Crippen molar-refractivity contribution in [3.63, 3.8) is 0 Å². The first kappa shape index (κ1) is 25.2. The number of hydrogen-bond donors (Lipinski definition) is 3. The van der Waals surface area contributed by atoms with Crippen LogP contribution in [-0.4, -0.2) is 11.5 Å². The Bertz CT molecular complexity index is 1280. The molecule has 4 nitrogen and oxygen atoms in total. The number of aryl methyl sites for hydroxylation is 3. The van der Waals surface area contributed by atoms with Gasteiger partial charge in [-0.25, -0.2) is 0 Å². The highest BCUT2D eigenvalue weighted by molar-refractivity contribution is 5.74. The van der Waals surface area contributed by atoms with Crippen LogP contribution in [-0.2, 0) is 11.2 Å². The molecule has 0 bridgehead atoms. The van der Waals surface area contributed by atoms with E-state index < -0.39 is 6.10 Å². The fraction of sp³-hybridized carbons (Fsp3) is 0.219. The standard InChI is InChI=1S/C32H34N2O2/c1-23-13-17-29(21-30(23)26-9-4-3-5-10-26)34-28-18-14-25(15-19-28)8-6-7-11-32(36)27-16-12-24(2)31(20-27)33-22-35/h3-5,9-10,12-22,32,34,36H,6-8,11H2,1-2H3,(H,33,35). The minimum absolute atomic E-state index is 0.528. The maximum absolute atomic E-state index is 10.8. The molecule has 0 heterocycles. The van der Waals surface area contributed by atoms with E-state index >= 15 is 0 Å². The summed E-state index contributed by atoms with van der Waals surface area (Å²) >= 11 is 0. The van der Waals surface area contributed by atoms with Crippen LogP contribution in [0.15, 0.2) is 91.0 Å². The molecule has 0 fully saturated rings. The first-order valence-corrected chi connectivity index (χ1v) is 12.5. The molecule has 4 aromatic carbocycles. The van der Waals surface area contributed by atoms with E-state index in [0.717, 1.165) is 47.5 Å². The second-order valence-corrected chi connectivity index (χ2v) is 9.32. The van der Waals surface area contributed by atoms with E-state index in [4.69, 9.17) is 0 Å². The number of unbranched alkanes of at least 4 members (excludes halogenated alkanes) is 1. The number of rotatable bonds is 11. The monoisotopic (exact) mass is 478 g/mol. The number of aliphatic hydroxyl groups excluding tert-OH is 1. The average molecular weight is 479 g/mol. The molecule has 0 saturated heterocycles. The Morgan fingerprint density at radius 3 is 2.28 bits per heavy atom. The molecule has 0 radical (unpaired) electrons. The smallest absolute Gasteiger partial charge is 0.211 e. The van der Waals surface area contributed by atoms with Gasteiger partial charge >= 0.3 is 0 Å². The first-order chi connectivity index (χ1) is 17.5. The van der Waals surface area contributed by atoms with Gasteiger partial charge in [-0.1, -0.05) is 67.1 Å². The van der Waals surface area contributed by atoms with Crippen LogP contribution in [0, 0.1) is 13.8 Å². The summed E-state index contributed by atoms with van der Waals surface area (Å²) in [5, 5.41) is 16.8. The molecular weight excluding hydrogens is 444 g/mol. The second-order valence-electron chi connectivity index (χ2n) is 9.32. The lowest BCUT2D eigenvalue weighted by Crippen LogP contribution is -2.02. The zero-order valence-electron chi connectivity index (χ0n) is 21.0. The number of anilines is 3. The lowest BCUT2D eigenvalue weighted by molar-refractivity contribution is -0.105. The fourth-order valence-electron chi connectivity index (χ4n) is 4.45. The molecule has 4 aromatic rings. The van der Waals surface area contributed by atoms with Crippen molar-refractivity contribution in [3.8, 4) is 11.1 Å². The Balaban J connectivity index is 1.28. The van der Waals surface area contributed by atoms with Gasteiger partial charge in [-0.05, 0) is 96.8 Å². The lowest BCUT2D eigenvalue weighted by atomic mass is 9.99. The van der Waals surface area contributed by atoms with Crippen LogP contribution in [0.25, 0.3) is 11.1 Å². The summed E-state index contributed by atoms with van der Waals surface area (Å²) in [4.78, 5) is 10.8. The minimum atomic E-state index is -0.528. The number of amides is 1. The summed E-state index contributed by atoms with van der Waals surface area (Å²) in [7, 11) is 0. The summed E-state index contributed by atoms with van der Waals surface area (Å²) in [6.45, 7) is 4.08. The summed E-state index contributed by atoms with van der Waals surface area (Å²) in [6.07, 6.45) is 3.74. The highest BCUT2D eigenvalue weighted by atomic mass is 16.3. The van der Waals surface area contributed by atoms with Crippen LogP contribution in [0.3, 0.4) is 0 Å². The van der Waals surface area contributed by atoms with Gasteiger partial charge in [0, 0.05) is 17.1 Å². The van der Waals surface area contributed by atoms with Gasteiger partial charge in [0.2, 0.25) is 6.41 Å². The highest BCUT2D eigenvalue weighted by Gasteiger charge is 2.10. The number of benzene rings is 4. The molecule has 0 aromatic heterocycles.